The summed E-state index contributed by atoms with van der Waals surface area (Å²) >= 11 is 0. The summed E-state index contributed by atoms with van der Waals surface area (Å²) in [7, 11) is 0. The third-order valence-corrected chi connectivity index (χ3v) is 4.05. The molecule has 1 aromatic carbocycles. The van der Waals surface area contributed by atoms with Gasteiger partial charge in [-0.1, -0.05) is 44.2 Å². The highest BCUT2D eigenvalue weighted by Gasteiger charge is 2.23. The number of likely N-dealkylation sites (tertiary alicyclic amines) is 1. The zero-order valence-corrected chi connectivity index (χ0v) is 12.5. The summed E-state index contributed by atoms with van der Waals surface area (Å²) < 4.78 is 5.63. The largest absolute Gasteiger partial charge is 0.461 e. The van der Waals surface area contributed by atoms with Crippen molar-refractivity contribution >= 4 is 5.97 Å². The fourth-order valence-corrected chi connectivity index (χ4v) is 2.78. The van der Waals surface area contributed by atoms with E-state index >= 15 is 0 Å². The number of esters is 1. The van der Waals surface area contributed by atoms with Gasteiger partial charge in [-0.05, 0) is 37.4 Å². The van der Waals surface area contributed by atoms with Crippen molar-refractivity contribution in [2.75, 3.05) is 19.6 Å². The van der Waals surface area contributed by atoms with Crippen LogP contribution in [0.5, 0.6) is 0 Å². The number of carbonyl (C=O) groups is 1. The molecular formula is C17H25NO2. The first-order valence-corrected chi connectivity index (χ1v) is 7.65. The fraction of sp³-hybridized carbons (Fsp3) is 0.588. The van der Waals surface area contributed by atoms with Crippen LogP contribution in [0.25, 0.3) is 0 Å². The van der Waals surface area contributed by atoms with Crippen LogP contribution in [-0.4, -0.2) is 36.6 Å². The molecule has 0 aromatic heterocycles. The molecule has 0 saturated carbocycles. The van der Waals surface area contributed by atoms with Crippen LogP contribution in [0.2, 0.25) is 0 Å². The lowest BCUT2D eigenvalue weighted by molar-refractivity contribution is -0.152. The summed E-state index contributed by atoms with van der Waals surface area (Å²) in [5, 5.41) is 0. The van der Waals surface area contributed by atoms with E-state index in [1.165, 1.54) is 5.56 Å². The minimum absolute atomic E-state index is 0.0655. The Balaban J connectivity index is 1.80. The van der Waals surface area contributed by atoms with Gasteiger partial charge in [0.25, 0.3) is 0 Å². The lowest BCUT2D eigenvalue weighted by Gasteiger charge is -2.31. The third kappa shape index (κ3) is 4.34. The predicted molar refractivity (Wildman–Crippen MR) is 80.7 cm³/mol. The van der Waals surface area contributed by atoms with Crippen LogP contribution in [0.1, 0.15) is 44.6 Å². The maximum atomic E-state index is 12.0. The molecular weight excluding hydrogens is 250 g/mol. The number of ether oxygens (including phenoxy) is 1. The minimum Gasteiger partial charge on any atom is -0.461 e. The number of likely N-dealkylation sites (N-methyl/N-ethyl adjacent to an activating group) is 1. The van der Waals surface area contributed by atoms with Crippen LogP contribution in [0.4, 0.5) is 0 Å². The average Bonchev–Trinajstić information content (AvgIpc) is 2.48. The number of carbonyl (C=O) groups excluding carboxylic acids is 1. The number of hydrogen-bond donors (Lipinski definition) is 0. The van der Waals surface area contributed by atoms with Crippen LogP contribution in [0.15, 0.2) is 30.3 Å². The first-order chi connectivity index (χ1) is 9.69. The number of hydrogen-bond acceptors (Lipinski definition) is 3. The Morgan fingerprint density at radius 2 is 2.15 bits per heavy atom. The smallest absolute Gasteiger partial charge is 0.306 e. The molecule has 1 aliphatic heterocycles. The highest BCUT2D eigenvalue weighted by atomic mass is 16.5. The van der Waals surface area contributed by atoms with Crippen molar-refractivity contribution in [2.45, 2.75) is 45.1 Å². The molecule has 1 fully saturated rings. The summed E-state index contributed by atoms with van der Waals surface area (Å²) in [5.74, 6) is 0.152. The van der Waals surface area contributed by atoms with Crippen molar-refractivity contribution < 1.29 is 9.53 Å². The zero-order valence-electron chi connectivity index (χ0n) is 12.5. The topological polar surface area (TPSA) is 29.5 Å². The van der Waals surface area contributed by atoms with Gasteiger partial charge in [-0.2, -0.15) is 0 Å². The monoisotopic (exact) mass is 275 g/mol. The van der Waals surface area contributed by atoms with Crippen molar-refractivity contribution in [1.82, 2.24) is 4.90 Å². The van der Waals surface area contributed by atoms with E-state index in [0.717, 1.165) is 32.5 Å². The van der Waals surface area contributed by atoms with Gasteiger partial charge in [-0.25, -0.2) is 0 Å². The van der Waals surface area contributed by atoms with Gasteiger partial charge in [0.1, 0.15) is 6.10 Å². The molecule has 0 bridgehead atoms. The molecule has 2 unspecified atom stereocenters. The Kier molecular flexibility index (Phi) is 5.60. The van der Waals surface area contributed by atoms with Gasteiger partial charge in [0.15, 0.2) is 0 Å². The van der Waals surface area contributed by atoms with E-state index < -0.39 is 0 Å². The maximum absolute atomic E-state index is 12.0. The SMILES string of the molecule is CCN1CCCC(OC(=O)CC(C)c2ccccc2)C1. The Labute approximate surface area is 121 Å². The first kappa shape index (κ1) is 15.0. The van der Waals surface area contributed by atoms with E-state index in [4.69, 9.17) is 4.74 Å². The molecule has 2 atom stereocenters. The summed E-state index contributed by atoms with van der Waals surface area (Å²) in [4.78, 5) is 14.4. The van der Waals surface area contributed by atoms with Crippen LogP contribution in [0.3, 0.4) is 0 Å². The van der Waals surface area contributed by atoms with E-state index in [-0.39, 0.29) is 18.0 Å². The molecule has 2 rings (SSSR count). The zero-order chi connectivity index (χ0) is 14.4. The molecule has 0 spiro atoms. The quantitative estimate of drug-likeness (QED) is 0.773. The summed E-state index contributed by atoms with van der Waals surface area (Å²) in [5.41, 5.74) is 1.20. The van der Waals surface area contributed by atoms with Gasteiger partial charge in [0, 0.05) is 6.54 Å². The number of piperidine rings is 1. The molecule has 1 aromatic rings. The highest BCUT2D eigenvalue weighted by Crippen LogP contribution is 2.20. The molecule has 0 N–H and O–H groups in total. The van der Waals surface area contributed by atoms with Crippen molar-refractivity contribution in [3.8, 4) is 0 Å². The fourth-order valence-electron chi connectivity index (χ4n) is 2.78. The normalized spacial score (nSPS) is 21.4. The van der Waals surface area contributed by atoms with Crippen molar-refractivity contribution in [2.24, 2.45) is 0 Å². The van der Waals surface area contributed by atoms with Crippen molar-refractivity contribution in [3.63, 3.8) is 0 Å². The number of benzene rings is 1. The van der Waals surface area contributed by atoms with Crippen molar-refractivity contribution in [3.05, 3.63) is 35.9 Å². The van der Waals surface area contributed by atoms with E-state index in [0.29, 0.717) is 6.42 Å². The number of rotatable bonds is 5. The Hall–Kier alpha value is -1.35. The van der Waals surface area contributed by atoms with Gasteiger partial charge >= 0.3 is 5.97 Å². The molecule has 3 nitrogen and oxygen atoms in total. The lowest BCUT2D eigenvalue weighted by atomic mass is 9.98. The first-order valence-electron chi connectivity index (χ1n) is 7.65. The highest BCUT2D eigenvalue weighted by molar-refractivity contribution is 5.70. The van der Waals surface area contributed by atoms with Gasteiger partial charge in [0.05, 0.1) is 6.42 Å². The summed E-state index contributed by atoms with van der Waals surface area (Å²) in [6, 6.07) is 10.2. The standard InChI is InChI=1S/C17H25NO2/c1-3-18-11-7-10-16(13-18)20-17(19)12-14(2)15-8-5-4-6-9-15/h4-6,8-9,14,16H,3,7,10-13H2,1-2H3. The molecule has 0 radical (unpaired) electrons. The molecule has 1 aliphatic rings. The molecule has 1 saturated heterocycles. The second-order valence-electron chi connectivity index (χ2n) is 5.66. The average molecular weight is 275 g/mol. The van der Waals surface area contributed by atoms with E-state index in [1.807, 2.05) is 18.2 Å². The lowest BCUT2D eigenvalue weighted by Crippen LogP contribution is -2.40. The molecule has 110 valence electrons. The summed E-state index contributed by atoms with van der Waals surface area (Å²) in [6.07, 6.45) is 2.67. The Morgan fingerprint density at radius 1 is 1.40 bits per heavy atom. The van der Waals surface area contributed by atoms with E-state index in [2.05, 4.69) is 30.9 Å². The van der Waals surface area contributed by atoms with Gasteiger partial charge < -0.3 is 4.74 Å². The minimum atomic E-state index is -0.0655. The molecule has 3 heteroatoms. The molecule has 1 heterocycles. The van der Waals surface area contributed by atoms with Crippen molar-refractivity contribution in [1.29, 1.82) is 0 Å². The second-order valence-corrected chi connectivity index (χ2v) is 5.66. The van der Waals surface area contributed by atoms with Crippen LogP contribution < -0.4 is 0 Å². The Bertz CT molecular complexity index is 418. The second kappa shape index (κ2) is 7.44. The summed E-state index contributed by atoms with van der Waals surface area (Å²) in [6.45, 7) is 7.29. The molecule has 0 amide bonds. The van der Waals surface area contributed by atoms with Crippen LogP contribution in [0, 0.1) is 0 Å². The maximum Gasteiger partial charge on any atom is 0.306 e. The van der Waals surface area contributed by atoms with E-state index in [9.17, 15) is 4.79 Å². The molecule has 20 heavy (non-hydrogen) atoms. The van der Waals surface area contributed by atoms with E-state index in [1.54, 1.807) is 0 Å². The Morgan fingerprint density at radius 3 is 2.85 bits per heavy atom. The predicted octanol–water partition coefficient (Wildman–Crippen LogP) is 3.21. The van der Waals surface area contributed by atoms with Gasteiger partial charge in [0.2, 0.25) is 0 Å². The molecule has 0 aliphatic carbocycles. The third-order valence-electron chi connectivity index (χ3n) is 4.05. The number of nitrogens with zero attached hydrogens (tertiary/aromatic N) is 1. The van der Waals surface area contributed by atoms with Gasteiger partial charge in [-0.15, -0.1) is 0 Å². The van der Waals surface area contributed by atoms with Crippen LogP contribution >= 0.6 is 0 Å². The van der Waals surface area contributed by atoms with Gasteiger partial charge in [-0.3, -0.25) is 9.69 Å². The van der Waals surface area contributed by atoms with Crippen LogP contribution in [-0.2, 0) is 9.53 Å².